The average molecular weight is 414 g/mol. The first-order valence-corrected chi connectivity index (χ1v) is 12.0. The average Bonchev–Trinajstić information content (AvgIpc) is 2.73. The highest BCUT2D eigenvalue weighted by Crippen LogP contribution is 2.30. The maximum absolute atomic E-state index is 12.7. The lowest BCUT2D eigenvalue weighted by molar-refractivity contribution is 0.102. The second kappa shape index (κ2) is 8.06. The normalized spacial score (nSPS) is 17.0. The molecule has 0 aliphatic carbocycles. The number of sulfonamides is 1. The van der Waals surface area contributed by atoms with Crippen LogP contribution in [0, 0.1) is 0 Å². The number of benzene rings is 2. The number of amides is 1. The number of hydrogen-bond acceptors (Lipinski definition) is 4. The molecule has 4 rings (SSSR count). The van der Waals surface area contributed by atoms with Gasteiger partial charge in [-0.1, -0.05) is 0 Å². The van der Waals surface area contributed by atoms with Crippen molar-refractivity contribution in [3.63, 3.8) is 0 Å². The molecule has 2 aliphatic rings. The molecule has 154 valence electrons. The van der Waals surface area contributed by atoms with Crippen molar-refractivity contribution < 1.29 is 13.2 Å². The molecule has 0 spiro atoms. The first-order valence-electron chi connectivity index (χ1n) is 10.2. The van der Waals surface area contributed by atoms with Crippen LogP contribution in [0.4, 0.5) is 17.1 Å². The Hall–Kier alpha value is -2.54. The van der Waals surface area contributed by atoms with Gasteiger partial charge in [0.1, 0.15) is 0 Å². The maximum atomic E-state index is 12.7. The largest absolute Gasteiger partial charge is 0.372 e. The van der Waals surface area contributed by atoms with Gasteiger partial charge in [0.05, 0.1) is 11.9 Å². The lowest BCUT2D eigenvalue weighted by Crippen LogP contribution is -2.34. The Labute approximate surface area is 172 Å². The zero-order chi connectivity index (χ0) is 20.4. The monoisotopic (exact) mass is 413 g/mol. The molecule has 6 nitrogen and oxygen atoms in total. The molecule has 0 bridgehead atoms. The second-order valence-corrected chi connectivity index (χ2v) is 9.74. The lowest BCUT2D eigenvalue weighted by Gasteiger charge is -2.29. The van der Waals surface area contributed by atoms with Crippen LogP contribution in [0.1, 0.15) is 41.6 Å². The van der Waals surface area contributed by atoms with Crippen molar-refractivity contribution in [3.05, 3.63) is 53.6 Å². The molecule has 2 heterocycles. The van der Waals surface area contributed by atoms with Gasteiger partial charge >= 0.3 is 0 Å². The van der Waals surface area contributed by atoms with Gasteiger partial charge in [0.2, 0.25) is 10.0 Å². The Morgan fingerprint density at radius 1 is 0.931 bits per heavy atom. The summed E-state index contributed by atoms with van der Waals surface area (Å²) in [6.45, 7) is 2.66. The number of rotatable bonds is 4. The van der Waals surface area contributed by atoms with Crippen LogP contribution in [-0.2, 0) is 16.4 Å². The molecule has 1 saturated heterocycles. The van der Waals surface area contributed by atoms with E-state index in [-0.39, 0.29) is 5.91 Å². The standard InChI is InChI=1S/C22H27N3O3S/c1-29(27,28)25-15-5-6-17-16-18(7-12-21(17)25)22(26)23-19-8-10-20(11-9-19)24-13-3-2-4-14-24/h7-12,16H,2-6,13-15H2,1H3,(H,23,26). The molecular weight excluding hydrogens is 386 g/mol. The van der Waals surface area contributed by atoms with Crippen LogP contribution >= 0.6 is 0 Å². The number of fused-ring (bicyclic) bond motifs is 1. The summed E-state index contributed by atoms with van der Waals surface area (Å²) in [7, 11) is -3.31. The van der Waals surface area contributed by atoms with E-state index in [2.05, 4.69) is 22.3 Å². The molecule has 0 saturated carbocycles. The van der Waals surface area contributed by atoms with E-state index in [1.807, 2.05) is 18.2 Å². The number of anilines is 3. The van der Waals surface area contributed by atoms with Crippen LogP contribution in [0.25, 0.3) is 0 Å². The molecule has 0 atom stereocenters. The molecule has 2 aliphatic heterocycles. The van der Waals surface area contributed by atoms with Crippen molar-refractivity contribution in [1.82, 2.24) is 0 Å². The van der Waals surface area contributed by atoms with E-state index in [0.717, 1.165) is 37.2 Å². The van der Waals surface area contributed by atoms with E-state index in [0.29, 0.717) is 17.8 Å². The van der Waals surface area contributed by atoms with Crippen molar-refractivity contribution in [1.29, 1.82) is 0 Å². The predicted octanol–water partition coefficient (Wildman–Crippen LogP) is 3.64. The number of hydrogen-bond donors (Lipinski definition) is 1. The minimum Gasteiger partial charge on any atom is -0.372 e. The first kappa shape index (κ1) is 19.8. The molecule has 7 heteroatoms. The third-order valence-electron chi connectivity index (χ3n) is 5.66. The number of aryl methyl sites for hydroxylation is 1. The van der Waals surface area contributed by atoms with E-state index in [1.165, 1.54) is 35.5 Å². The molecule has 0 unspecified atom stereocenters. The molecule has 29 heavy (non-hydrogen) atoms. The zero-order valence-electron chi connectivity index (χ0n) is 16.7. The molecule has 2 aromatic carbocycles. The minimum absolute atomic E-state index is 0.185. The number of nitrogens with zero attached hydrogens (tertiary/aromatic N) is 2. The van der Waals surface area contributed by atoms with Gasteiger partial charge in [-0.05, 0) is 80.1 Å². The SMILES string of the molecule is CS(=O)(=O)N1CCCc2cc(C(=O)Nc3ccc(N4CCCCC4)cc3)ccc21. The highest BCUT2D eigenvalue weighted by atomic mass is 32.2. The summed E-state index contributed by atoms with van der Waals surface area (Å²) in [5, 5.41) is 2.95. The minimum atomic E-state index is -3.31. The number of carbonyl (C=O) groups excluding carboxylic acids is 1. The van der Waals surface area contributed by atoms with Crippen LogP contribution in [-0.4, -0.2) is 40.2 Å². The number of nitrogens with one attached hydrogen (secondary N) is 1. The van der Waals surface area contributed by atoms with Crippen LogP contribution in [0.5, 0.6) is 0 Å². The summed E-state index contributed by atoms with van der Waals surface area (Å²) < 4.78 is 25.4. The Kier molecular flexibility index (Phi) is 5.50. The Morgan fingerprint density at radius 2 is 1.66 bits per heavy atom. The fraction of sp³-hybridized carbons (Fsp3) is 0.409. The summed E-state index contributed by atoms with van der Waals surface area (Å²) in [4.78, 5) is 15.1. The third kappa shape index (κ3) is 4.40. The Bertz CT molecular complexity index is 996. The molecule has 1 N–H and O–H groups in total. The third-order valence-corrected chi connectivity index (χ3v) is 6.84. The fourth-order valence-electron chi connectivity index (χ4n) is 4.16. The van der Waals surface area contributed by atoms with Crippen LogP contribution in [0.3, 0.4) is 0 Å². The van der Waals surface area contributed by atoms with Gasteiger partial charge in [-0.3, -0.25) is 9.10 Å². The van der Waals surface area contributed by atoms with Gasteiger partial charge in [-0.2, -0.15) is 0 Å². The summed E-state index contributed by atoms with van der Waals surface area (Å²) in [5.74, 6) is -0.185. The summed E-state index contributed by atoms with van der Waals surface area (Å²) >= 11 is 0. The van der Waals surface area contributed by atoms with Gasteiger partial charge < -0.3 is 10.2 Å². The molecule has 2 aromatic rings. The van der Waals surface area contributed by atoms with E-state index < -0.39 is 10.0 Å². The van der Waals surface area contributed by atoms with Gasteiger partial charge in [0, 0.05) is 36.6 Å². The number of piperidine rings is 1. The van der Waals surface area contributed by atoms with E-state index >= 15 is 0 Å². The van der Waals surface area contributed by atoms with E-state index in [1.54, 1.807) is 12.1 Å². The summed E-state index contributed by atoms with van der Waals surface area (Å²) in [5.41, 5.74) is 4.07. The van der Waals surface area contributed by atoms with Crippen molar-refractivity contribution in [3.8, 4) is 0 Å². The van der Waals surface area contributed by atoms with Crippen molar-refractivity contribution in [2.75, 3.05) is 40.4 Å². The van der Waals surface area contributed by atoms with Crippen molar-refractivity contribution in [2.24, 2.45) is 0 Å². The van der Waals surface area contributed by atoms with Crippen molar-refractivity contribution in [2.45, 2.75) is 32.1 Å². The molecule has 0 aromatic heterocycles. The van der Waals surface area contributed by atoms with Crippen LogP contribution in [0.15, 0.2) is 42.5 Å². The van der Waals surface area contributed by atoms with Gasteiger partial charge in [-0.25, -0.2) is 8.42 Å². The van der Waals surface area contributed by atoms with E-state index in [9.17, 15) is 13.2 Å². The van der Waals surface area contributed by atoms with Crippen LogP contribution < -0.4 is 14.5 Å². The lowest BCUT2D eigenvalue weighted by atomic mass is 10.0. The molecule has 1 amide bonds. The first-order chi connectivity index (χ1) is 13.9. The fourth-order valence-corrected chi connectivity index (χ4v) is 5.16. The highest BCUT2D eigenvalue weighted by molar-refractivity contribution is 7.92. The maximum Gasteiger partial charge on any atom is 0.255 e. The summed E-state index contributed by atoms with van der Waals surface area (Å²) in [6, 6.07) is 13.2. The predicted molar refractivity (Wildman–Crippen MR) is 117 cm³/mol. The molecular formula is C22H27N3O3S. The van der Waals surface area contributed by atoms with Crippen molar-refractivity contribution >= 4 is 33.0 Å². The highest BCUT2D eigenvalue weighted by Gasteiger charge is 2.24. The van der Waals surface area contributed by atoms with E-state index in [4.69, 9.17) is 0 Å². The smallest absolute Gasteiger partial charge is 0.255 e. The Balaban J connectivity index is 1.47. The van der Waals surface area contributed by atoms with Gasteiger partial charge in [-0.15, -0.1) is 0 Å². The Morgan fingerprint density at radius 3 is 2.34 bits per heavy atom. The quantitative estimate of drug-likeness (QED) is 0.831. The second-order valence-electron chi connectivity index (χ2n) is 7.83. The van der Waals surface area contributed by atoms with Gasteiger partial charge in [0.25, 0.3) is 5.91 Å². The zero-order valence-corrected chi connectivity index (χ0v) is 17.5. The van der Waals surface area contributed by atoms with Crippen LogP contribution in [0.2, 0.25) is 0 Å². The number of carbonyl (C=O) groups is 1. The topological polar surface area (TPSA) is 69.7 Å². The van der Waals surface area contributed by atoms with Gasteiger partial charge in [0.15, 0.2) is 0 Å². The molecule has 1 fully saturated rings. The molecule has 0 radical (unpaired) electrons. The summed E-state index contributed by atoms with van der Waals surface area (Å²) in [6.07, 6.45) is 6.50.